The van der Waals surface area contributed by atoms with Crippen molar-refractivity contribution >= 4 is 0 Å². The second-order valence-corrected chi connectivity index (χ2v) is 3.25. The van der Waals surface area contributed by atoms with Gasteiger partial charge in [0.05, 0.1) is 5.69 Å². The van der Waals surface area contributed by atoms with Gasteiger partial charge in [-0.25, -0.2) is 18.4 Å². The summed E-state index contributed by atoms with van der Waals surface area (Å²) in [7, 11) is 0. The van der Waals surface area contributed by atoms with Crippen molar-refractivity contribution in [3.05, 3.63) is 41.5 Å². The Labute approximate surface area is 99.1 Å². The van der Waals surface area contributed by atoms with Gasteiger partial charge in [0.25, 0.3) is 0 Å². The lowest BCUT2D eigenvalue weighted by Crippen LogP contribution is -2.00. The molecule has 0 fully saturated rings. The highest BCUT2D eigenvalue weighted by atomic mass is 19.1. The smallest absolute Gasteiger partial charge is 0.148 e. The molecule has 0 atom stereocenters. The van der Waals surface area contributed by atoms with Crippen LogP contribution in [-0.2, 0) is 0 Å². The minimum absolute atomic E-state index is 0.339. The van der Waals surface area contributed by atoms with Gasteiger partial charge >= 0.3 is 0 Å². The molecule has 1 aromatic heterocycles. The molecule has 0 N–H and O–H groups in total. The number of aromatic nitrogens is 3. The average Bonchev–Trinajstić information content (AvgIpc) is 2.59. The molecular weight excluding hydrogens is 224 g/mol. The molecule has 0 aliphatic rings. The van der Waals surface area contributed by atoms with Crippen molar-refractivity contribution in [1.29, 1.82) is 0 Å². The van der Waals surface area contributed by atoms with Crippen molar-refractivity contribution in [2.75, 3.05) is 0 Å². The third-order valence-electron chi connectivity index (χ3n) is 1.97. The molecule has 0 saturated carbocycles. The van der Waals surface area contributed by atoms with Gasteiger partial charge in [-0.1, -0.05) is 13.8 Å². The van der Waals surface area contributed by atoms with E-state index in [4.69, 9.17) is 0 Å². The molecular formula is C12H15F2N3. The van der Waals surface area contributed by atoms with E-state index in [-0.39, 0.29) is 0 Å². The zero-order valence-corrected chi connectivity index (χ0v) is 10.3. The Morgan fingerprint density at radius 1 is 1.00 bits per heavy atom. The normalized spacial score (nSPS) is 9.76. The summed E-state index contributed by atoms with van der Waals surface area (Å²) in [4.78, 5) is 4.05. The molecule has 0 saturated heterocycles. The van der Waals surface area contributed by atoms with E-state index >= 15 is 0 Å². The van der Waals surface area contributed by atoms with Crippen LogP contribution in [0.5, 0.6) is 0 Å². The molecule has 5 heteroatoms. The quantitative estimate of drug-likeness (QED) is 0.765. The maximum Gasteiger partial charge on any atom is 0.148 e. The molecule has 0 amide bonds. The van der Waals surface area contributed by atoms with Crippen LogP contribution in [0.2, 0.25) is 0 Å². The molecule has 0 unspecified atom stereocenters. The highest BCUT2D eigenvalue weighted by Crippen LogP contribution is 2.13. The number of hydrogen-bond acceptors (Lipinski definition) is 2. The molecule has 0 radical (unpaired) electrons. The molecule has 1 heterocycles. The lowest BCUT2D eigenvalue weighted by Gasteiger charge is -2.02. The SMILES string of the molecule is CC.Cc1nc(C)n(-c2cc(F)cc(F)c2)n1. The maximum absolute atomic E-state index is 13.0. The van der Waals surface area contributed by atoms with Crippen molar-refractivity contribution in [3.8, 4) is 5.69 Å². The number of hydrogen-bond donors (Lipinski definition) is 0. The Morgan fingerprint density at radius 3 is 1.94 bits per heavy atom. The summed E-state index contributed by atoms with van der Waals surface area (Å²) in [6.45, 7) is 7.45. The predicted molar refractivity (Wildman–Crippen MR) is 62.1 cm³/mol. The van der Waals surface area contributed by atoms with Crippen molar-refractivity contribution in [1.82, 2.24) is 14.8 Å². The predicted octanol–water partition coefficient (Wildman–Crippen LogP) is 3.19. The topological polar surface area (TPSA) is 30.7 Å². The van der Waals surface area contributed by atoms with E-state index in [1.165, 1.54) is 16.8 Å². The second-order valence-electron chi connectivity index (χ2n) is 3.25. The summed E-state index contributed by atoms with van der Waals surface area (Å²) in [6.07, 6.45) is 0. The molecule has 92 valence electrons. The highest BCUT2D eigenvalue weighted by molar-refractivity contribution is 5.32. The van der Waals surface area contributed by atoms with Gasteiger partial charge in [0.15, 0.2) is 0 Å². The van der Waals surface area contributed by atoms with Crippen LogP contribution in [0.1, 0.15) is 25.5 Å². The van der Waals surface area contributed by atoms with E-state index < -0.39 is 11.6 Å². The molecule has 17 heavy (non-hydrogen) atoms. The van der Waals surface area contributed by atoms with Crippen LogP contribution in [0.25, 0.3) is 5.69 Å². The standard InChI is InChI=1S/C10H9F2N3.C2H6/c1-6-13-7(2)15(14-6)10-4-8(11)3-9(12)5-10;1-2/h3-5H,1-2H3;1-2H3. The summed E-state index contributed by atoms with van der Waals surface area (Å²) >= 11 is 0. The van der Waals surface area contributed by atoms with E-state index in [2.05, 4.69) is 10.1 Å². The van der Waals surface area contributed by atoms with Gasteiger partial charge in [-0.3, -0.25) is 0 Å². The lowest BCUT2D eigenvalue weighted by molar-refractivity contribution is 0.579. The molecule has 1 aromatic carbocycles. The van der Waals surface area contributed by atoms with Gasteiger partial charge in [0, 0.05) is 6.07 Å². The van der Waals surface area contributed by atoms with Crippen LogP contribution in [0.15, 0.2) is 18.2 Å². The first kappa shape index (κ1) is 13.3. The molecule has 0 aliphatic heterocycles. The van der Waals surface area contributed by atoms with Crippen LogP contribution < -0.4 is 0 Å². The number of rotatable bonds is 1. The Kier molecular flexibility index (Phi) is 4.31. The first-order valence-electron chi connectivity index (χ1n) is 5.43. The Balaban J connectivity index is 0.000000686. The van der Waals surface area contributed by atoms with Crippen LogP contribution in [0, 0.1) is 25.5 Å². The monoisotopic (exact) mass is 239 g/mol. The average molecular weight is 239 g/mol. The van der Waals surface area contributed by atoms with E-state index in [1.807, 2.05) is 13.8 Å². The first-order valence-corrected chi connectivity index (χ1v) is 5.43. The summed E-state index contributed by atoms with van der Waals surface area (Å²) in [6, 6.07) is 3.25. The van der Waals surface area contributed by atoms with Gasteiger partial charge in [-0.2, -0.15) is 5.10 Å². The molecule has 0 bridgehead atoms. The first-order chi connectivity index (χ1) is 8.06. The number of aryl methyl sites for hydroxylation is 2. The molecule has 0 aliphatic carbocycles. The van der Waals surface area contributed by atoms with Gasteiger partial charge in [-0.15, -0.1) is 0 Å². The summed E-state index contributed by atoms with van der Waals surface area (Å²) in [5.41, 5.74) is 0.339. The fourth-order valence-electron chi connectivity index (χ4n) is 1.43. The van der Waals surface area contributed by atoms with Crippen molar-refractivity contribution in [2.45, 2.75) is 27.7 Å². The summed E-state index contributed by atoms with van der Waals surface area (Å²) < 4.78 is 27.3. The van der Waals surface area contributed by atoms with Gasteiger partial charge in [0.1, 0.15) is 23.3 Å². The second kappa shape index (κ2) is 5.52. The maximum atomic E-state index is 13.0. The number of benzene rings is 1. The van der Waals surface area contributed by atoms with E-state index in [0.29, 0.717) is 17.3 Å². The molecule has 0 spiro atoms. The zero-order chi connectivity index (χ0) is 13.0. The Morgan fingerprint density at radius 2 is 1.53 bits per heavy atom. The fourth-order valence-corrected chi connectivity index (χ4v) is 1.43. The lowest BCUT2D eigenvalue weighted by atomic mass is 10.3. The largest absolute Gasteiger partial charge is 0.218 e. The van der Waals surface area contributed by atoms with Crippen molar-refractivity contribution in [2.24, 2.45) is 0 Å². The highest BCUT2D eigenvalue weighted by Gasteiger charge is 2.07. The van der Waals surface area contributed by atoms with E-state index in [1.54, 1.807) is 13.8 Å². The van der Waals surface area contributed by atoms with Crippen LogP contribution in [0.4, 0.5) is 8.78 Å². The van der Waals surface area contributed by atoms with Crippen molar-refractivity contribution < 1.29 is 8.78 Å². The molecule has 2 rings (SSSR count). The fraction of sp³-hybridized carbons (Fsp3) is 0.333. The Hall–Kier alpha value is -1.78. The minimum atomic E-state index is -0.627. The minimum Gasteiger partial charge on any atom is -0.218 e. The summed E-state index contributed by atoms with van der Waals surface area (Å²) in [5.74, 6) is -0.0928. The van der Waals surface area contributed by atoms with Crippen molar-refractivity contribution in [3.63, 3.8) is 0 Å². The van der Waals surface area contributed by atoms with Gasteiger partial charge in [0.2, 0.25) is 0 Å². The van der Waals surface area contributed by atoms with Crippen LogP contribution in [-0.4, -0.2) is 14.8 Å². The van der Waals surface area contributed by atoms with Gasteiger partial charge in [-0.05, 0) is 26.0 Å². The van der Waals surface area contributed by atoms with Crippen LogP contribution >= 0.6 is 0 Å². The van der Waals surface area contributed by atoms with Crippen LogP contribution in [0.3, 0.4) is 0 Å². The number of halogens is 2. The Bertz CT molecular complexity index is 486. The third kappa shape index (κ3) is 3.09. The van der Waals surface area contributed by atoms with Gasteiger partial charge < -0.3 is 0 Å². The third-order valence-corrected chi connectivity index (χ3v) is 1.97. The van der Waals surface area contributed by atoms with E-state index in [0.717, 1.165) is 6.07 Å². The zero-order valence-electron chi connectivity index (χ0n) is 10.3. The summed E-state index contributed by atoms with van der Waals surface area (Å²) in [5, 5.41) is 4.03. The molecule has 3 nitrogen and oxygen atoms in total. The van der Waals surface area contributed by atoms with E-state index in [9.17, 15) is 8.78 Å². The number of nitrogens with zero attached hydrogens (tertiary/aromatic N) is 3. The molecule has 2 aromatic rings.